The van der Waals surface area contributed by atoms with E-state index in [-0.39, 0.29) is 21.7 Å². The zero-order chi connectivity index (χ0) is 20.0. The SMILES string of the molecule is CC(C)(C)c1noc(C(C)(C)CCC(C)(C)c2cc(C(C)(C)C)on2)n1. The summed E-state index contributed by atoms with van der Waals surface area (Å²) in [5.74, 6) is 2.38. The molecule has 0 saturated carbocycles. The Kier molecular flexibility index (Phi) is 5.17. The second-order valence-corrected chi connectivity index (χ2v) is 10.8. The molecule has 146 valence electrons. The Morgan fingerprint density at radius 3 is 1.77 bits per heavy atom. The Labute approximate surface area is 157 Å². The van der Waals surface area contributed by atoms with Gasteiger partial charge in [-0.25, -0.2) is 0 Å². The Morgan fingerprint density at radius 1 is 0.731 bits per heavy atom. The standard InChI is InChI=1S/C21H35N3O2/c1-18(2,3)15-13-14(23-25-15)20(7,8)11-12-21(9,10)17-22-16(24-26-17)19(4,5)6/h13H,11-12H2,1-10H3. The van der Waals surface area contributed by atoms with Crippen molar-refractivity contribution in [2.24, 2.45) is 0 Å². The minimum atomic E-state index is -0.190. The largest absolute Gasteiger partial charge is 0.361 e. The molecule has 2 heterocycles. The van der Waals surface area contributed by atoms with E-state index in [1.807, 2.05) is 0 Å². The number of rotatable bonds is 5. The smallest absolute Gasteiger partial charge is 0.232 e. The van der Waals surface area contributed by atoms with Crippen LogP contribution in [0.4, 0.5) is 0 Å². The van der Waals surface area contributed by atoms with Gasteiger partial charge in [-0.15, -0.1) is 0 Å². The second kappa shape index (κ2) is 6.50. The van der Waals surface area contributed by atoms with Crippen molar-refractivity contribution < 1.29 is 9.05 Å². The summed E-state index contributed by atoms with van der Waals surface area (Å²) in [6.45, 7) is 21.4. The van der Waals surface area contributed by atoms with Gasteiger partial charge in [-0.05, 0) is 12.8 Å². The van der Waals surface area contributed by atoms with E-state index in [0.29, 0.717) is 5.89 Å². The first kappa shape index (κ1) is 20.7. The molecule has 5 heteroatoms. The molecule has 0 aliphatic rings. The van der Waals surface area contributed by atoms with Crippen molar-refractivity contribution in [3.8, 4) is 0 Å². The molecule has 0 fully saturated rings. The monoisotopic (exact) mass is 361 g/mol. The molecule has 0 spiro atoms. The van der Waals surface area contributed by atoms with Crippen molar-refractivity contribution in [3.63, 3.8) is 0 Å². The number of hydrogen-bond acceptors (Lipinski definition) is 5. The van der Waals surface area contributed by atoms with Gasteiger partial charge in [0.1, 0.15) is 5.76 Å². The molecule has 2 aromatic rings. The summed E-state index contributed by atoms with van der Waals surface area (Å²) >= 11 is 0. The van der Waals surface area contributed by atoms with E-state index in [1.165, 1.54) is 0 Å². The van der Waals surface area contributed by atoms with Crippen molar-refractivity contribution in [2.75, 3.05) is 0 Å². The number of aromatic nitrogens is 3. The third-order valence-electron chi connectivity index (χ3n) is 4.99. The lowest BCUT2D eigenvalue weighted by molar-refractivity contribution is 0.267. The van der Waals surface area contributed by atoms with E-state index in [2.05, 4.69) is 90.6 Å². The Morgan fingerprint density at radius 2 is 1.31 bits per heavy atom. The summed E-state index contributed by atoms with van der Waals surface area (Å²) in [5, 5.41) is 8.51. The highest BCUT2D eigenvalue weighted by atomic mass is 16.5. The average Bonchev–Trinajstić information content (AvgIpc) is 3.13. The molecule has 2 aromatic heterocycles. The lowest BCUT2D eigenvalue weighted by Crippen LogP contribution is -2.25. The summed E-state index contributed by atoms with van der Waals surface area (Å²) in [5.41, 5.74) is 0.579. The quantitative estimate of drug-likeness (QED) is 0.684. The van der Waals surface area contributed by atoms with Gasteiger partial charge in [-0.3, -0.25) is 0 Å². The van der Waals surface area contributed by atoms with E-state index in [4.69, 9.17) is 9.05 Å². The molecule has 26 heavy (non-hydrogen) atoms. The molecule has 0 aliphatic carbocycles. The van der Waals surface area contributed by atoms with Gasteiger partial charge in [0.25, 0.3) is 0 Å². The van der Waals surface area contributed by atoms with Crippen LogP contribution in [0.25, 0.3) is 0 Å². The molecule has 0 aliphatic heterocycles. The molecule has 0 N–H and O–H groups in total. The molecule has 0 unspecified atom stereocenters. The fourth-order valence-corrected chi connectivity index (χ4v) is 2.61. The molecular weight excluding hydrogens is 326 g/mol. The highest BCUT2D eigenvalue weighted by Crippen LogP contribution is 2.37. The molecular formula is C21H35N3O2. The van der Waals surface area contributed by atoms with Crippen LogP contribution in [0.5, 0.6) is 0 Å². The number of nitrogens with zero attached hydrogens (tertiary/aromatic N) is 3. The van der Waals surface area contributed by atoms with Gasteiger partial charge in [0.2, 0.25) is 5.89 Å². The van der Waals surface area contributed by atoms with E-state index in [9.17, 15) is 0 Å². The third-order valence-corrected chi connectivity index (χ3v) is 4.99. The van der Waals surface area contributed by atoms with Gasteiger partial charge >= 0.3 is 0 Å². The Balaban J connectivity index is 2.12. The highest BCUT2D eigenvalue weighted by molar-refractivity contribution is 5.20. The summed E-state index contributed by atoms with van der Waals surface area (Å²) in [7, 11) is 0. The van der Waals surface area contributed by atoms with Crippen LogP contribution in [-0.2, 0) is 21.7 Å². The predicted octanol–water partition coefficient (Wildman–Crippen LogP) is 5.69. The average molecular weight is 362 g/mol. The van der Waals surface area contributed by atoms with Gasteiger partial charge in [-0.2, -0.15) is 4.98 Å². The minimum absolute atomic E-state index is 0.0340. The number of hydrogen-bond donors (Lipinski definition) is 0. The molecule has 0 radical (unpaired) electrons. The third kappa shape index (κ3) is 4.54. The van der Waals surface area contributed by atoms with Crippen LogP contribution < -0.4 is 0 Å². The minimum Gasteiger partial charge on any atom is -0.361 e. The van der Waals surface area contributed by atoms with Crippen molar-refractivity contribution >= 4 is 0 Å². The van der Waals surface area contributed by atoms with Crippen molar-refractivity contribution in [2.45, 2.75) is 104 Å². The zero-order valence-electron chi connectivity index (χ0n) is 18.1. The Hall–Kier alpha value is -1.65. The fraction of sp³-hybridized carbons (Fsp3) is 0.762. The molecule has 0 atom stereocenters. The Bertz CT molecular complexity index is 676. The first-order chi connectivity index (χ1) is 11.6. The van der Waals surface area contributed by atoms with E-state index < -0.39 is 0 Å². The van der Waals surface area contributed by atoms with Gasteiger partial charge in [-0.1, -0.05) is 79.6 Å². The highest BCUT2D eigenvalue weighted by Gasteiger charge is 2.34. The van der Waals surface area contributed by atoms with Gasteiger partial charge < -0.3 is 9.05 Å². The van der Waals surface area contributed by atoms with Crippen LogP contribution in [0.2, 0.25) is 0 Å². The molecule has 0 bridgehead atoms. The maximum absolute atomic E-state index is 5.58. The molecule has 5 nitrogen and oxygen atoms in total. The molecule has 2 rings (SSSR count). The van der Waals surface area contributed by atoms with E-state index in [0.717, 1.165) is 30.1 Å². The van der Waals surface area contributed by atoms with E-state index in [1.54, 1.807) is 0 Å². The molecule has 0 aromatic carbocycles. The van der Waals surface area contributed by atoms with Gasteiger partial charge in [0.05, 0.1) is 5.69 Å². The van der Waals surface area contributed by atoms with Crippen LogP contribution in [0.3, 0.4) is 0 Å². The lowest BCUT2D eigenvalue weighted by atomic mass is 9.77. The fourth-order valence-electron chi connectivity index (χ4n) is 2.61. The van der Waals surface area contributed by atoms with E-state index >= 15 is 0 Å². The van der Waals surface area contributed by atoms with Crippen LogP contribution >= 0.6 is 0 Å². The van der Waals surface area contributed by atoms with Crippen molar-refractivity contribution in [1.82, 2.24) is 15.3 Å². The molecule has 0 amide bonds. The first-order valence-corrected chi connectivity index (χ1v) is 9.45. The summed E-state index contributed by atoms with van der Waals surface area (Å²) in [6, 6.07) is 2.09. The lowest BCUT2D eigenvalue weighted by Gasteiger charge is -2.27. The topological polar surface area (TPSA) is 65.0 Å². The predicted molar refractivity (Wildman–Crippen MR) is 103 cm³/mol. The maximum atomic E-state index is 5.58. The van der Waals surface area contributed by atoms with Crippen LogP contribution in [0, 0.1) is 0 Å². The van der Waals surface area contributed by atoms with Gasteiger partial charge in [0.15, 0.2) is 5.82 Å². The van der Waals surface area contributed by atoms with Crippen molar-refractivity contribution in [3.05, 3.63) is 29.2 Å². The maximum Gasteiger partial charge on any atom is 0.232 e. The second-order valence-electron chi connectivity index (χ2n) is 10.8. The summed E-state index contributed by atoms with van der Waals surface area (Å²) < 4.78 is 11.2. The van der Waals surface area contributed by atoms with Crippen molar-refractivity contribution in [1.29, 1.82) is 0 Å². The first-order valence-electron chi connectivity index (χ1n) is 9.45. The zero-order valence-corrected chi connectivity index (χ0v) is 18.1. The summed E-state index contributed by atoms with van der Waals surface area (Å²) in [4.78, 5) is 4.65. The van der Waals surface area contributed by atoms with Gasteiger partial charge in [0, 0.05) is 27.7 Å². The summed E-state index contributed by atoms with van der Waals surface area (Å²) in [6.07, 6.45) is 1.87. The normalized spacial score (nSPS) is 14.1. The van der Waals surface area contributed by atoms with Crippen LogP contribution in [-0.4, -0.2) is 15.3 Å². The molecule has 0 saturated heterocycles. The van der Waals surface area contributed by atoms with Crippen LogP contribution in [0.15, 0.2) is 15.1 Å². The van der Waals surface area contributed by atoms with Crippen LogP contribution in [0.1, 0.15) is 105 Å².